The number of hydrogen-bond acceptors (Lipinski definition) is 6. The zero-order valence-corrected chi connectivity index (χ0v) is 24.6. The van der Waals surface area contributed by atoms with Crippen LogP contribution in [0, 0.1) is 12.7 Å². The second kappa shape index (κ2) is 11.5. The molecular weight excluding hydrogens is 525 g/mol. The van der Waals surface area contributed by atoms with Crippen LogP contribution >= 0.6 is 0 Å². The fourth-order valence-corrected chi connectivity index (χ4v) is 4.82. The van der Waals surface area contributed by atoms with Gasteiger partial charge in [0.05, 0.1) is 23.8 Å². The molecule has 0 aliphatic heterocycles. The highest BCUT2D eigenvalue weighted by atomic mass is 28.4. The van der Waals surface area contributed by atoms with E-state index in [2.05, 4.69) is 44.2 Å². The molecule has 2 aromatic heterocycles. The largest absolute Gasteiger partial charge is 0.542 e. The standard InChI is InChI=1S/C31H34FN3O4Si/c1-20-10-7-11-21(16-20)17-24-29(35-25(30(36)37)18-22-12-9-15-38-22)33-19-26(34-24)23-13-8-14-27(28(23)32)39-40(5,6)31(2,3)4/h7-16,18-19H,17H2,1-6H3,(H,33,35)(H,36,37). The predicted molar refractivity (Wildman–Crippen MR) is 157 cm³/mol. The zero-order valence-electron chi connectivity index (χ0n) is 23.6. The molecule has 0 amide bonds. The highest BCUT2D eigenvalue weighted by molar-refractivity contribution is 6.74. The minimum atomic E-state index is -2.29. The fourth-order valence-electron chi connectivity index (χ4n) is 3.81. The molecule has 7 nitrogen and oxygen atoms in total. The van der Waals surface area contributed by atoms with Crippen LogP contribution in [0.25, 0.3) is 17.3 Å². The van der Waals surface area contributed by atoms with Crippen LogP contribution in [0.15, 0.2) is 77.2 Å². The number of benzene rings is 2. The Hall–Kier alpha value is -4.24. The van der Waals surface area contributed by atoms with E-state index in [1.54, 1.807) is 30.3 Å². The topological polar surface area (TPSA) is 97.5 Å². The molecule has 4 rings (SSSR count). The fraction of sp³-hybridized carbons (Fsp3) is 0.258. The number of aryl methyl sites for hydroxylation is 1. The highest BCUT2D eigenvalue weighted by Crippen LogP contribution is 2.39. The van der Waals surface area contributed by atoms with Gasteiger partial charge >= 0.3 is 5.97 Å². The summed E-state index contributed by atoms with van der Waals surface area (Å²) in [5.74, 6) is -0.893. The Bertz CT molecular complexity index is 1540. The Morgan fingerprint density at radius 2 is 1.90 bits per heavy atom. The lowest BCUT2D eigenvalue weighted by molar-refractivity contribution is -0.132. The summed E-state index contributed by atoms with van der Waals surface area (Å²) in [6.45, 7) is 12.4. The lowest BCUT2D eigenvalue weighted by atomic mass is 10.1. The number of furan rings is 1. The summed E-state index contributed by atoms with van der Waals surface area (Å²) < 4.78 is 27.4. The summed E-state index contributed by atoms with van der Waals surface area (Å²) in [6, 6.07) is 16.2. The van der Waals surface area contributed by atoms with E-state index in [9.17, 15) is 9.90 Å². The van der Waals surface area contributed by atoms with Crippen LogP contribution in [0.4, 0.5) is 10.2 Å². The molecule has 0 radical (unpaired) electrons. The van der Waals surface area contributed by atoms with Crippen LogP contribution in [0.3, 0.4) is 0 Å². The van der Waals surface area contributed by atoms with Crippen LogP contribution in [0.2, 0.25) is 18.1 Å². The molecule has 0 bridgehead atoms. The average molecular weight is 560 g/mol. The molecule has 208 valence electrons. The van der Waals surface area contributed by atoms with Gasteiger partial charge in [0, 0.05) is 18.1 Å². The van der Waals surface area contributed by atoms with Gasteiger partial charge in [-0.1, -0.05) is 56.7 Å². The number of anilines is 1. The average Bonchev–Trinajstić information content (AvgIpc) is 3.38. The quantitative estimate of drug-likeness (QED) is 0.160. The van der Waals surface area contributed by atoms with Crippen molar-refractivity contribution in [3.8, 4) is 17.0 Å². The van der Waals surface area contributed by atoms with Crippen molar-refractivity contribution in [2.75, 3.05) is 5.32 Å². The van der Waals surface area contributed by atoms with Crippen LogP contribution in [-0.2, 0) is 11.2 Å². The predicted octanol–water partition coefficient (Wildman–Crippen LogP) is 7.70. The van der Waals surface area contributed by atoms with Gasteiger partial charge in [0.25, 0.3) is 8.32 Å². The third kappa shape index (κ3) is 6.66. The van der Waals surface area contributed by atoms with E-state index in [1.165, 1.54) is 18.5 Å². The second-order valence-electron chi connectivity index (χ2n) is 11.2. The normalized spacial score (nSPS) is 12.3. The van der Waals surface area contributed by atoms with E-state index in [1.807, 2.05) is 31.2 Å². The number of nitrogens with zero attached hydrogens (tertiary/aromatic N) is 2. The number of rotatable bonds is 9. The van der Waals surface area contributed by atoms with E-state index in [0.29, 0.717) is 23.6 Å². The first-order chi connectivity index (χ1) is 18.8. The third-order valence-electron chi connectivity index (χ3n) is 7.02. The molecule has 0 aliphatic carbocycles. The van der Waals surface area contributed by atoms with Gasteiger partial charge in [0.1, 0.15) is 17.2 Å². The molecule has 0 saturated carbocycles. The molecule has 0 atom stereocenters. The molecule has 0 saturated heterocycles. The number of carboxylic acids is 1. The van der Waals surface area contributed by atoms with Crippen molar-refractivity contribution < 1.29 is 23.1 Å². The summed E-state index contributed by atoms with van der Waals surface area (Å²) in [6.07, 6.45) is 4.61. The Morgan fingerprint density at radius 1 is 1.15 bits per heavy atom. The van der Waals surface area contributed by atoms with Gasteiger partial charge < -0.3 is 19.3 Å². The molecule has 4 aromatic rings. The summed E-state index contributed by atoms with van der Waals surface area (Å²) in [7, 11) is -2.29. The molecule has 2 aromatic carbocycles. The summed E-state index contributed by atoms with van der Waals surface area (Å²) in [5, 5.41) is 12.6. The number of nitrogens with one attached hydrogen (secondary N) is 1. The van der Waals surface area contributed by atoms with Crippen molar-refractivity contribution in [1.29, 1.82) is 0 Å². The summed E-state index contributed by atoms with van der Waals surface area (Å²) in [4.78, 5) is 21.3. The zero-order chi connectivity index (χ0) is 29.1. The first kappa shape index (κ1) is 28.8. The summed E-state index contributed by atoms with van der Waals surface area (Å²) in [5.41, 5.74) is 2.92. The maximum Gasteiger partial charge on any atom is 0.352 e. The van der Waals surface area contributed by atoms with Crippen LogP contribution in [-0.4, -0.2) is 29.4 Å². The van der Waals surface area contributed by atoms with Crippen molar-refractivity contribution in [2.45, 2.75) is 52.2 Å². The Balaban J connectivity index is 1.77. The van der Waals surface area contributed by atoms with Crippen molar-refractivity contribution in [3.63, 3.8) is 0 Å². The lowest BCUT2D eigenvalue weighted by Gasteiger charge is -2.36. The molecule has 0 fully saturated rings. The molecule has 2 N–H and O–H groups in total. The second-order valence-corrected chi connectivity index (χ2v) is 15.9. The van der Waals surface area contributed by atoms with E-state index in [4.69, 9.17) is 13.8 Å². The highest BCUT2D eigenvalue weighted by Gasteiger charge is 2.39. The monoisotopic (exact) mass is 559 g/mol. The molecule has 2 heterocycles. The van der Waals surface area contributed by atoms with Gasteiger partial charge in [-0.3, -0.25) is 0 Å². The summed E-state index contributed by atoms with van der Waals surface area (Å²) >= 11 is 0. The van der Waals surface area contributed by atoms with Gasteiger partial charge in [-0.25, -0.2) is 19.2 Å². The van der Waals surface area contributed by atoms with Gasteiger partial charge in [0.15, 0.2) is 11.6 Å². The Kier molecular flexibility index (Phi) is 8.25. The van der Waals surface area contributed by atoms with E-state index in [-0.39, 0.29) is 27.9 Å². The minimum Gasteiger partial charge on any atom is -0.542 e. The number of carbonyl (C=O) groups is 1. The molecule has 0 unspecified atom stereocenters. The Morgan fingerprint density at radius 3 is 2.55 bits per heavy atom. The van der Waals surface area contributed by atoms with E-state index in [0.717, 1.165) is 11.1 Å². The smallest absolute Gasteiger partial charge is 0.352 e. The molecule has 0 aliphatic rings. The van der Waals surface area contributed by atoms with E-state index >= 15 is 4.39 Å². The number of aromatic nitrogens is 2. The van der Waals surface area contributed by atoms with Crippen LogP contribution in [0.5, 0.6) is 5.75 Å². The Labute approximate surface area is 234 Å². The maximum absolute atomic E-state index is 15.8. The first-order valence-corrected chi connectivity index (χ1v) is 15.9. The van der Waals surface area contributed by atoms with Gasteiger partial charge in [-0.15, -0.1) is 0 Å². The van der Waals surface area contributed by atoms with Crippen LogP contribution in [0.1, 0.15) is 43.4 Å². The van der Waals surface area contributed by atoms with E-state index < -0.39 is 20.1 Å². The van der Waals surface area contributed by atoms with Crippen molar-refractivity contribution >= 4 is 26.2 Å². The number of aliphatic carboxylic acids is 1. The molecule has 9 heteroatoms. The van der Waals surface area contributed by atoms with Crippen LogP contribution < -0.4 is 9.74 Å². The number of carboxylic acid groups (broad SMARTS) is 1. The molecule has 40 heavy (non-hydrogen) atoms. The number of hydrogen-bond donors (Lipinski definition) is 2. The van der Waals surface area contributed by atoms with Crippen molar-refractivity contribution in [1.82, 2.24) is 9.97 Å². The van der Waals surface area contributed by atoms with Crippen molar-refractivity contribution in [3.05, 3.63) is 101 Å². The SMILES string of the molecule is Cc1cccc(Cc2nc(-c3cccc(O[Si](C)(C)C(C)(C)C)c3F)cnc2NC(=Cc2ccco2)C(=O)O)c1. The van der Waals surface area contributed by atoms with Gasteiger partial charge in [-0.05, 0) is 54.9 Å². The first-order valence-electron chi connectivity index (χ1n) is 13.0. The third-order valence-corrected chi connectivity index (χ3v) is 11.4. The van der Waals surface area contributed by atoms with Crippen molar-refractivity contribution in [2.24, 2.45) is 0 Å². The van der Waals surface area contributed by atoms with Gasteiger partial charge in [0.2, 0.25) is 0 Å². The van der Waals surface area contributed by atoms with Gasteiger partial charge in [-0.2, -0.15) is 0 Å². The molecule has 0 spiro atoms. The number of halogens is 1. The lowest BCUT2D eigenvalue weighted by Crippen LogP contribution is -2.44. The molecular formula is C31H34FN3O4Si. The maximum atomic E-state index is 15.8. The minimum absolute atomic E-state index is 0.103.